The van der Waals surface area contributed by atoms with Crippen molar-refractivity contribution >= 4 is 23.5 Å². The number of hydrogen-bond acceptors (Lipinski definition) is 4. The maximum Gasteiger partial charge on any atom is 0.321 e. The molecule has 1 aromatic rings. The highest BCUT2D eigenvalue weighted by atomic mass is 35.5. The quantitative estimate of drug-likeness (QED) is 0.745. The van der Waals surface area contributed by atoms with Crippen molar-refractivity contribution in [3.05, 3.63) is 18.0 Å². The smallest absolute Gasteiger partial charge is 0.321 e. The van der Waals surface area contributed by atoms with Gasteiger partial charge in [0.15, 0.2) is 0 Å². The number of alkyl halides is 1. The van der Waals surface area contributed by atoms with Crippen molar-refractivity contribution in [2.24, 2.45) is 0 Å². The van der Waals surface area contributed by atoms with Gasteiger partial charge >= 0.3 is 6.03 Å². The Bertz CT molecular complexity index is 326. The van der Waals surface area contributed by atoms with Crippen LogP contribution in [0.4, 0.5) is 4.79 Å². The van der Waals surface area contributed by atoms with E-state index in [9.17, 15) is 9.59 Å². The summed E-state index contributed by atoms with van der Waals surface area (Å²) in [6.45, 7) is 0.205. The minimum atomic E-state index is -0.576. The van der Waals surface area contributed by atoms with Gasteiger partial charge in [-0.15, -0.1) is 11.6 Å². The van der Waals surface area contributed by atoms with E-state index in [2.05, 4.69) is 20.3 Å². The van der Waals surface area contributed by atoms with E-state index in [4.69, 9.17) is 11.6 Å². The molecule has 0 aliphatic heterocycles. The van der Waals surface area contributed by atoms with Gasteiger partial charge in [-0.3, -0.25) is 10.1 Å². The molecule has 0 unspecified atom stereocenters. The van der Waals surface area contributed by atoms with Crippen LogP contribution in [0.5, 0.6) is 0 Å². The monoisotopic (exact) mass is 231 g/mol. The predicted octanol–water partition coefficient (Wildman–Crippen LogP) is 0.629. The zero-order valence-corrected chi connectivity index (χ0v) is 8.58. The number of halogens is 1. The third-order valence-corrected chi connectivity index (χ3v) is 1.68. The van der Waals surface area contributed by atoms with Gasteiger partial charge in [-0.05, 0) is 0 Å². The van der Waals surface area contributed by atoms with Crippen LogP contribution in [0.25, 0.3) is 0 Å². The fourth-order valence-corrected chi connectivity index (χ4v) is 0.990. The third-order valence-electron chi connectivity index (χ3n) is 1.50. The molecule has 0 aromatic carbocycles. The number of aromatic nitrogens is 1. The van der Waals surface area contributed by atoms with Crippen molar-refractivity contribution in [1.29, 1.82) is 0 Å². The molecule has 82 valence electrons. The van der Waals surface area contributed by atoms with Crippen LogP contribution in [0.3, 0.4) is 0 Å². The molecule has 0 atom stereocenters. The second-order valence-electron chi connectivity index (χ2n) is 2.66. The lowest BCUT2D eigenvalue weighted by Crippen LogP contribution is -2.39. The van der Waals surface area contributed by atoms with Gasteiger partial charge in [0, 0.05) is 18.4 Å². The lowest BCUT2D eigenvalue weighted by Gasteiger charge is -2.03. The van der Waals surface area contributed by atoms with E-state index in [1.54, 1.807) is 6.07 Å². The molecule has 1 rings (SSSR count). The van der Waals surface area contributed by atoms with Crippen molar-refractivity contribution in [1.82, 2.24) is 15.8 Å². The average Bonchev–Trinajstić information content (AvgIpc) is 2.67. The van der Waals surface area contributed by atoms with Crippen molar-refractivity contribution in [2.45, 2.75) is 13.0 Å². The van der Waals surface area contributed by atoms with Crippen molar-refractivity contribution in [2.75, 3.05) is 5.88 Å². The lowest BCUT2D eigenvalue weighted by atomic mass is 10.4. The van der Waals surface area contributed by atoms with Gasteiger partial charge in [0.2, 0.25) is 5.91 Å². The first-order valence-electron chi connectivity index (χ1n) is 4.25. The maximum absolute atomic E-state index is 11.1. The summed E-state index contributed by atoms with van der Waals surface area (Å²) in [6.07, 6.45) is 1.51. The highest BCUT2D eigenvalue weighted by Crippen LogP contribution is 1.92. The van der Waals surface area contributed by atoms with E-state index < -0.39 is 11.9 Å². The molecule has 0 fully saturated rings. The average molecular weight is 232 g/mol. The molecule has 7 heteroatoms. The van der Waals surface area contributed by atoms with Crippen LogP contribution in [-0.4, -0.2) is 23.0 Å². The molecule has 0 spiro atoms. The number of nitrogens with zero attached hydrogens (tertiary/aromatic N) is 1. The lowest BCUT2D eigenvalue weighted by molar-refractivity contribution is -0.119. The molecular formula is C8H10ClN3O3. The summed E-state index contributed by atoms with van der Waals surface area (Å²) in [5.41, 5.74) is 0.579. The molecule has 3 amide bonds. The second-order valence-corrected chi connectivity index (χ2v) is 3.04. The highest BCUT2D eigenvalue weighted by Gasteiger charge is 2.06. The molecule has 6 nitrogen and oxygen atoms in total. The summed E-state index contributed by atoms with van der Waals surface area (Å²) in [7, 11) is 0. The number of amides is 3. The Balaban J connectivity index is 2.22. The number of imide groups is 1. The Hall–Kier alpha value is -1.56. The summed E-state index contributed by atoms with van der Waals surface area (Å²) in [6, 6.07) is 1.04. The Morgan fingerprint density at radius 3 is 2.93 bits per heavy atom. The Kier molecular flexibility index (Phi) is 4.62. The number of carbonyl (C=O) groups excluding carboxylic acids is 2. The molecule has 1 aromatic heterocycles. The molecule has 15 heavy (non-hydrogen) atoms. The van der Waals surface area contributed by atoms with E-state index in [1.165, 1.54) is 6.26 Å². The van der Waals surface area contributed by atoms with Crippen LogP contribution < -0.4 is 10.6 Å². The second kappa shape index (κ2) is 6.02. The predicted molar refractivity (Wildman–Crippen MR) is 52.2 cm³/mol. The van der Waals surface area contributed by atoms with Crippen molar-refractivity contribution < 1.29 is 14.1 Å². The van der Waals surface area contributed by atoms with Crippen LogP contribution in [-0.2, 0) is 11.3 Å². The van der Waals surface area contributed by atoms with E-state index in [0.29, 0.717) is 5.69 Å². The van der Waals surface area contributed by atoms with Crippen LogP contribution in [0.1, 0.15) is 12.1 Å². The standard InChI is InChI=1S/C8H10ClN3O3/c9-3-1-7(13)11-8(14)10-5-6-2-4-15-12-6/h2,4H,1,3,5H2,(H2,10,11,13,14). The molecule has 0 aliphatic rings. The number of urea groups is 1. The van der Waals surface area contributed by atoms with Crippen molar-refractivity contribution in [3.8, 4) is 0 Å². The van der Waals surface area contributed by atoms with Gasteiger partial charge in [0.25, 0.3) is 0 Å². The molecule has 0 radical (unpaired) electrons. The van der Waals surface area contributed by atoms with Crippen LogP contribution >= 0.6 is 11.6 Å². The Morgan fingerprint density at radius 1 is 1.53 bits per heavy atom. The first kappa shape index (κ1) is 11.5. The van der Waals surface area contributed by atoms with Gasteiger partial charge in [-0.25, -0.2) is 4.79 Å². The molecule has 2 N–H and O–H groups in total. The first-order chi connectivity index (χ1) is 7.22. The minimum Gasteiger partial charge on any atom is -0.364 e. The third kappa shape index (κ3) is 4.46. The minimum absolute atomic E-state index is 0.110. The van der Waals surface area contributed by atoms with Crippen molar-refractivity contribution in [3.63, 3.8) is 0 Å². The zero-order chi connectivity index (χ0) is 11.1. The number of hydrogen-bond donors (Lipinski definition) is 2. The molecular weight excluding hydrogens is 222 g/mol. The number of nitrogens with one attached hydrogen (secondary N) is 2. The van der Waals surface area contributed by atoms with Gasteiger partial charge < -0.3 is 9.84 Å². The fourth-order valence-electron chi connectivity index (χ4n) is 0.819. The Labute approximate surface area is 90.9 Å². The van der Waals surface area contributed by atoms with Crippen LogP contribution in [0, 0.1) is 0 Å². The molecule has 1 heterocycles. The highest BCUT2D eigenvalue weighted by molar-refractivity contribution is 6.19. The van der Waals surface area contributed by atoms with Crippen LogP contribution in [0.15, 0.2) is 16.9 Å². The van der Waals surface area contributed by atoms with E-state index >= 15 is 0 Å². The van der Waals surface area contributed by atoms with E-state index in [1.807, 2.05) is 0 Å². The topological polar surface area (TPSA) is 84.2 Å². The normalized spacial score (nSPS) is 9.67. The van der Waals surface area contributed by atoms with E-state index in [-0.39, 0.29) is 18.8 Å². The maximum atomic E-state index is 11.1. The SMILES string of the molecule is O=C(CCCl)NC(=O)NCc1ccon1. The zero-order valence-electron chi connectivity index (χ0n) is 7.83. The molecule has 0 bridgehead atoms. The van der Waals surface area contributed by atoms with Gasteiger partial charge in [-0.2, -0.15) is 0 Å². The number of rotatable bonds is 4. The summed E-state index contributed by atoms with van der Waals surface area (Å²) in [5.74, 6) is -0.231. The largest absolute Gasteiger partial charge is 0.364 e. The molecule has 0 saturated heterocycles. The fraction of sp³-hybridized carbons (Fsp3) is 0.375. The molecule has 0 aliphatic carbocycles. The van der Waals surface area contributed by atoms with E-state index in [0.717, 1.165) is 0 Å². The summed E-state index contributed by atoms with van der Waals surface area (Å²) >= 11 is 5.32. The summed E-state index contributed by atoms with van der Waals surface area (Å²) in [5, 5.41) is 8.13. The number of carbonyl (C=O) groups is 2. The van der Waals surface area contributed by atoms with Gasteiger partial charge in [-0.1, -0.05) is 5.16 Å². The first-order valence-corrected chi connectivity index (χ1v) is 4.78. The summed E-state index contributed by atoms with van der Waals surface area (Å²) in [4.78, 5) is 22.0. The molecule has 0 saturated carbocycles. The Morgan fingerprint density at radius 2 is 2.33 bits per heavy atom. The summed E-state index contributed by atoms with van der Waals surface area (Å²) < 4.78 is 4.56. The van der Waals surface area contributed by atoms with Gasteiger partial charge in [0.05, 0.1) is 6.54 Å². The van der Waals surface area contributed by atoms with Crippen LogP contribution in [0.2, 0.25) is 0 Å². The van der Waals surface area contributed by atoms with Gasteiger partial charge in [0.1, 0.15) is 12.0 Å².